The molecule has 0 saturated heterocycles. The van der Waals surface area contributed by atoms with Crippen LogP contribution in [0.3, 0.4) is 0 Å². The summed E-state index contributed by atoms with van der Waals surface area (Å²) in [4.78, 5) is 0. The Bertz CT molecular complexity index is 1500. The van der Waals surface area contributed by atoms with Gasteiger partial charge < -0.3 is 0 Å². The van der Waals surface area contributed by atoms with E-state index in [0.29, 0.717) is 21.7 Å². The predicted octanol–water partition coefficient (Wildman–Crippen LogP) is 13.9. The van der Waals surface area contributed by atoms with E-state index in [4.69, 9.17) is 0 Å². The van der Waals surface area contributed by atoms with E-state index in [1.807, 2.05) is 0 Å². The fourth-order valence-corrected chi connectivity index (χ4v) is 10.0. The molecule has 0 saturated carbocycles. The first-order chi connectivity index (χ1) is 25.0. The van der Waals surface area contributed by atoms with Gasteiger partial charge in [-0.05, 0) is 0 Å². The summed E-state index contributed by atoms with van der Waals surface area (Å²) in [5, 5.41) is 3.16. The molecule has 6 rings (SSSR count). The van der Waals surface area contributed by atoms with Crippen LogP contribution in [0, 0.1) is 46.0 Å². The zero-order chi connectivity index (χ0) is 41.0. The summed E-state index contributed by atoms with van der Waals surface area (Å²) in [6.45, 7) is 31.4. The van der Waals surface area contributed by atoms with Crippen LogP contribution >= 0.6 is 24.8 Å². The fraction of sp³-hybridized carbons (Fsp3) is 0.440. The van der Waals surface area contributed by atoms with Crippen molar-refractivity contribution in [3.05, 3.63) is 156 Å². The van der Waals surface area contributed by atoms with Crippen molar-refractivity contribution >= 4 is 46.2 Å². The van der Waals surface area contributed by atoms with Crippen LogP contribution in [0.25, 0.3) is 0 Å². The molecule has 0 fully saturated rings. The summed E-state index contributed by atoms with van der Waals surface area (Å²) in [5.41, 5.74) is 6.82. The molecular weight excluding hydrogens is 1080 g/mol. The largest absolute Gasteiger partial charge is 0.147 e. The third kappa shape index (κ3) is 25.6. The minimum absolute atomic E-state index is 0. The standard InChI is InChI=1S/4C9H13.2C7H8Si.2ClH.2Hf/c4*1-9(2,3)8-6-4-5-7-8;2*1-8-7-5-3-2-4-6-7;;;;/h4*6-7H,4H2,1-3H3;2*2-6H,1H3;2*1H;;/q4*-1;;;;;2*+2. The van der Waals surface area contributed by atoms with Crippen molar-refractivity contribution in [2.45, 2.75) is 122 Å². The molecule has 6 heteroatoms. The predicted molar refractivity (Wildman–Crippen MR) is 250 cm³/mol. The van der Waals surface area contributed by atoms with E-state index >= 15 is 0 Å². The summed E-state index contributed by atoms with van der Waals surface area (Å²) in [7, 11) is 0. The van der Waals surface area contributed by atoms with Gasteiger partial charge >= 0.3 is 141 Å². The fourth-order valence-electron chi connectivity index (χ4n) is 5.05. The van der Waals surface area contributed by atoms with Gasteiger partial charge in [0.2, 0.25) is 0 Å². The molecule has 0 atom stereocenters. The first kappa shape index (κ1) is 57.2. The minimum Gasteiger partial charge on any atom is -0.147 e. The molecule has 2 aromatic carbocycles. The molecule has 0 aromatic heterocycles. The minimum atomic E-state index is -0.0733. The molecular formula is C50H70Cl2Hf2Si2. The molecule has 0 aliphatic heterocycles. The molecule has 0 amide bonds. The summed E-state index contributed by atoms with van der Waals surface area (Å²) in [5.74, 6) is 0. The van der Waals surface area contributed by atoms with Gasteiger partial charge in [-0.3, -0.25) is 24.3 Å². The van der Waals surface area contributed by atoms with E-state index in [9.17, 15) is 0 Å². The summed E-state index contributed by atoms with van der Waals surface area (Å²) in [6.07, 6.45) is 34.0. The third-order valence-corrected chi connectivity index (χ3v) is 17.3. The molecule has 0 unspecified atom stereocenters. The van der Waals surface area contributed by atoms with Crippen LogP contribution in [0.5, 0.6) is 0 Å². The topological polar surface area (TPSA) is 0 Å². The molecule has 0 spiro atoms. The maximum absolute atomic E-state index is 3.16. The van der Waals surface area contributed by atoms with Gasteiger partial charge in [0, 0.05) is 0 Å². The van der Waals surface area contributed by atoms with Crippen LogP contribution in [0.15, 0.2) is 132 Å². The van der Waals surface area contributed by atoms with Crippen LogP contribution in [0.2, 0.25) is 13.1 Å². The zero-order valence-corrected chi connectivity index (χ0v) is 47.9. The van der Waals surface area contributed by atoms with Gasteiger partial charge in [-0.15, -0.1) is 50.5 Å². The number of hydrogen-bond donors (Lipinski definition) is 0. The molecule has 0 N–H and O–H groups in total. The van der Waals surface area contributed by atoms with Crippen molar-refractivity contribution in [3.8, 4) is 0 Å². The molecule has 0 radical (unpaired) electrons. The molecule has 2 aromatic rings. The van der Waals surface area contributed by atoms with Crippen molar-refractivity contribution < 1.29 is 46.0 Å². The monoisotopic (exact) mass is 1160 g/mol. The van der Waals surface area contributed by atoms with E-state index in [0.717, 1.165) is 25.7 Å². The van der Waals surface area contributed by atoms with Crippen LogP contribution in [0.4, 0.5) is 0 Å². The number of halogens is 2. The van der Waals surface area contributed by atoms with E-state index < -0.39 is 0 Å². The van der Waals surface area contributed by atoms with Crippen LogP contribution in [-0.4, -0.2) is 11.0 Å². The van der Waals surface area contributed by atoms with Crippen molar-refractivity contribution in [2.24, 2.45) is 21.7 Å². The first-order valence-electron chi connectivity index (χ1n) is 19.3. The molecule has 300 valence electrons. The Kier molecular flexibility index (Phi) is 29.2. The summed E-state index contributed by atoms with van der Waals surface area (Å²) in [6, 6.07) is 21.6. The quantitative estimate of drug-likeness (QED) is 0.208. The maximum atomic E-state index is 3.16. The van der Waals surface area contributed by atoms with Gasteiger partial charge in [-0.1, -0.05) is 105 Å². The number of hydrogen-bond acceptors (Lipinski definition) is 0. The first-order valence-corrected chi connectivity index (χ1v) is 34.1. The van der Waals surface area contributed by atoms with Crippen molar-refractivity contribution in [3.63, 3.8) is 0 Å². The van der Waals surface area contributed by atoms with Gasteiger partial charge in [0.05, 0.1) is 0 Å². The molecule has 56 heavy (non-hydrogen) atoms. The molecule has 0 bridgehead atoms. The Labute approximate surface area is 387 Å². The Morgan fingerprint density at radius 3 is 0.679 bits per heavy atom. The van der Waals surface area contributed by atoms with Gasteiger partial charge in [0.25, 0.3) is 0 Å². The van der Waals surface area contributed by atoms with Gasteiger partial charge in [0.15, 0.2) is 0 Å². The second kappa shape index (κ2) is 28.6. The van der Waals surface area contributed by atoms with Gasteiger partial charge in [-0.2, -0.15) is 46.6 Å². The van der Waals surface area contributed by atoms with Crippen molar-refractivity contribution in [1.29, 1.82) is 0 Å². The summed E-state index contributed by atoms with van der Waals surface area (Å²) < 4.78 is 0. The SMILES string of the molecule is CC(C)(C)C1=CC[C-]=C1.CC(C)(C)C1=CC[C-]=C1.CC(C)(C)C1=CC[C-]=C1.CC(C)(C)C1=CC[C-]=C1.C[Si](=[Hf+2])c1ccccc1.C[Si](=[Hf+2])c1ccccc1.Cl.Cl. The third-order valence-electron chi connectivity index (χ3n) is 8.67. The van der Waals surface area contributed by atoms with Crippen LogP contribution in [0.1, 0.15) is 109 Å². The van der Waals surface area contributed by atoms with E-state index in [2.05, 4.69) is 230 Å². The summed E-state index contributed by atoms with van der Waals surface area (Å²) >= 11 is 2.72. The maximum Gasteiger partial charge on any atom is -0.147 e. The number of allylic oxidation sites excluding steroid dienone is 16. The van der Waals surface area contributed by atoms with Gasteiger partial charge in [-0.25, -0.2) is 24.3 Å². The average Bonchev–Trinajstić information content (AvgIpc) is 3.94. The Morgan fingerprint density at radius 1 is 0.393 bits per heavy atom. The zero-order valence-electron chi connectivity index (χ0n) is 37.0. The van der Waals surface area contributed by atoms with Crippen LogP contribution < -0.4 is 10.4 Å². The molecule has 4 aliphatic rings. The molecule has 0 nitrogen and oxygen atoms in total. The Morgan fingerprint density at radius 2 is 0.589 bits per heavy atom. The van der Waals surface area contributed by atoms with Crippen molar-refractivity contribution in [2.75, 3.05) is 0 Å². The normalized spacial score (nSPS) is 14.8. The smallest absolute Gasteiger partial charge is 0.147 e. The second-order valence-electron chi connectivity index (χ2n) is 17.8. The molecule has 4 aliphatic carbocycles. The van der Waals surface area contributed by atoms with Crippen molar-refractivity contribution in [1.82, 2.24) is 0 Å². The average molecular weight is 1160 g/mol. The molecule has 0 heterocycles. The number of rotatable bonds is 2. The Hall–Kier alpha value is -0.886. The van der Waals surface area contributed by atoms with E-state index in [-0.39, 0.29) is 35.8 Å². The van der Waals surface area contributed by atoms with E-state index in [1.54, 1.807) is 10.4 Å². The van der Waals surface area contributed by atoms with Crippen LogP contribution in [-0.2, 0) is 46.0 Å². The van der Waals surface area contributed by atoms with E-state index in [1.165, 1.54) is 68.3 Å². The Balaban J connectivity index is 0. The van der Waals surface area contributed by atoms with Gasteiger partial charge in [0.1, 0.15) is 0 Å². The second-order valence-corrected chi connectivity index (χ2v) is 37.7. The number of benzene rings is 2.